The summed E-state index contributed by atoms with van der Waals surface area (Å²) in [6.07, 6.45) is 3.48. The molecule has 0 aliphatic carbocycles. The Bertz CT molecular complexity index is 844. The molecule has 2 heterocycles. The first-order valence-corrected chi connectivity index (χ1v) is 8.02. The molecule has 1 aromatic heterocycles. The Morgan fingerprint density at radius 1 is 1.24 bits per heavy atom. The fourth-order valence-electron chi connectivity index (χ4n) is 3.09. The van der Waals surface area contributed by atoms with Gasteiger partial charge in [-0.25, -0.2) is 0 Å². The van der Waals surface area contributed by atoms with Crippen molar-refractivity contribution in [1.29, 1.82) is 5.26 Å². The van der Waals surface area contributed by atoms with Crippen LogP contribution in [0.15, 0.2) is 48.8 Å². The molecule has 1 N–H and O–H groups in total. The van der Waals surface area contributed by atoms with Crippen LogP contribution in [0, 0.1) is 11.3 Å². The maximum Gasteiger partial charge on any atom is 0.264 e. The van der Waals surface area contributed by atoms with Crippen LogP contribution in [-0.4, -0.2) is 28.3 Å². The number of para-hydroxylation sites is 1. The van der Waals surface area contributed by atoms with Gasteiger partial charge in [-0.15, -0.1) is 0 Å². The van der Waals surface area contributed by atoms with Crippen molar-refractivity contribution >= 4 is 17.4 Å². The molecule has 0 bridgehead atoms. The lowest BCUT2D eigenvalue weighted by Gasteiger charge is -2.22. The number of hydrogen-bond donors (Lipinski definition) is 1. The summed E-state index contributed by atoms with van der Waals surface area (Å²) in [6.45, 7) is 0.329. The third-order valence-corrected chi connectivity index (χ3v) is 4.33. The highest BCUT2D eigenvalue weighted by atomic mass is 16.3. The predicted octanol–water partition coefficient (Wildman–Crippen LogP) is 2.19. The van der Waals surface area contributed by atoms with Crippen molar-refractivity contribution in [3.05, 3.63) is 59.9 Å². The van der Waals surface area contributed by atoms with Gasteiger partial charge in [-0.3, -0.25) is 14.6 Å². The van der Waals surface area contributed by atoms with Crippen LogP contribution in [0.5, 0.6) is 0 Å². The number of aliphatic hydroxyl groups is 1. The average Bonchev–Trinajstić information content (AvgIpc) is 2.85. The van der Waals surface area contributed by atoms with E-state index >= 15 is 0 Å². The maximum absolute atomic E-state index is 12.9. The molecule has 1 atom stereocenters. The molecule has 6 heteroatoms. The Labute approximate surface area is 145 Å². The second-order valence-corrected chi connectivity index (χ2v) is 5.93. The zero-order chi connectivity index (χ0) is 17.9. The van der Waals surface area contributed by atoms with Gasteiger partial charge in [0.05, 0.1) is 18.2 Å². The zero-order valence-corrected chi connectivity index (χ0v) is 13.6. The lowest BCUT2D eigenvalue weighted by atomic mass is 9.88. The number of anilines is 1. The number of pyridine rings is 1. The van der Waals surface area contributed by atoms with Crippen LogP contribution in [0.25, 0.3) is 0 Å². The molecule has 6 nitrogen and oxygen atoms in total. The SMILES string of the molecule is N#CCCCN1C(=O)C(O)(CC(=O)c2ccncc2)c2ccccc21. The van der Waals surface area contributed by atoms with Crippen LogP contribution in [-0.2, 0) is 10.4 Å². The number of ketones is 1. The predicted molar refractivity (Wildman–Crippen MR) is 90.7 cm³/mol. The van der Waals surface area contributed by atoms with Gasteiger partial charge >= 0.3 is 0 Å². The van der Waals surface area contributed by atoms with Gasteiger partial charge in [0, 0.05) is 36.5 Å². The van der Waals surface area contributed by atoms with E-state index < -0.39 is 11.5 Å². The molecule has 2 aromatic rings. The van der Waals surface area contributed by atoms with E-state index in [4.69, 9.17) is 5.26 Å². The Balaban J connectivity index is 1.91. The van der Waals surface area contributed by atoms with Gasteiger partial charge in [-0.1, -0.05) is 18.2 Å². The minimum absolute atomic E-state index is 0.320. The maximum atomic E-state index is 12.9. The van der Waals surface area contributed by atoms with E-state index in [1.54, 1.807) is 36.4 Å². The van der Waals surface area contributed by atoms with Gasteiger partial charge < -0.3 is 10.0 Å². The molecule has 126 valence electrons. The molecular weight excluding hydrogens is 318 g/mol. The highest BCUT2D eigenvalue weighted by Gasteiger charge is 2.50. The standard InChI is InChI=1S/C19H17N3O3/c20-9-3-4-12-22-16-6-2-1-5-15(16)19(25,18(22)24)13-17(23)14-7-10-21-11-8-14/h1-2,5-8,10-11,25H,3-4,12-13H2. The topological polar surface area (TPSA) is 94.3 Å². The summed E-state index contributed by atoms with van der Waals surface area (Å²) < 4.78 is 0. The van der Waals surface area contributed by atoms with Crippen LogP contribution in [0.4, 0.5) is 5.69 Å². The highest BCUT2D eigenvalue weighted by molar-refractivity contribution is 6.10. The number of carbonyl (C=O) groups is 2. The lowest BCUT2D eigenvalue weighted by Crippen LogP contribution is -2.42. The summed E-state index contributed by atoms with van der Waals surface area (Å²) in [4.78, 5) is 30.7. The number of rotatable bonds is 6. The number of nitrogens with zero attached hydrogens (tertiary/aromatic N) is 3. The number of fused-ring (bicyclic) bond motifs is 1. The molecule has 1 unspecified atom stereocenters. The summed E-state index contributed by atoms with van der Waals surface area (Å²) in [7, 11) is 0. The number of nitriles is 1. The van der Waals surface area contributed by atoms with Crippen molar-refractivity contribution in [3.63, 3.8) is 0 Å². The summed E-state index contributed by atoms with van der Waals surface area (Å²) >= 11 is 0. The first-order valence-electron chi connectivity index (χ1n) is 8.02. The monoisotopic (exact) mass is 335 g/mol. The van der Waals surface area contributed by atoms with Crippen molar-refractivity contribution in [3.8, 4) is 6.07 Å². The third-order valence-electron chi connectivity index (χ3n) is 4.33. The molecule has 1 aliphatic heterocycles. The van der Waals surface area contributed by atoms with Crippen LogP contribution in [0.2, 0.25) is 0 Å². The number of aromatic nitrogens is 1. The minimum Gasteiger partial charge on any atom is -0.375 e. The molecule has 25 heavy (non-hydrogen) atoms. The highest BCUT2D eigenvalue weighted by Crippen LogP contribution is 2.42. The number of unbranched alkanes of at least 4 members (excludes halogenated alkanes) is 1. The van der Waals surface area contributed by atoms with Crippen LogP contribution < -0.4 is 4.90 Å². The quantitative estimate of drug-likeness (QED) is 0.645. The summed E-state index contributed by atoms with van der Waals surface area (Å²) in [6, 6.07) is 12.1. The fourth-order valence-corrected chi connectivity index (χ4v) is 3.09. The smallest absolute Gasteiger partial charge is 0.264 e. The molecular formula is C19H17N3O3. The van der Waals surface area contributed by atoms with Gasteiger partial charge in [-0.05, 0) is 24.6 Å². The molecule has 0 fully saturated rings. The van der Waals surface area contributed by atoms with E-state index in [0.717, 1.165) is 0 Å². The van der Waals surface area contributed by atoms with Crippen molar-refractivity contribution in [1.82, 2.24) is 4.98 Å². The van der Waals surface area contributed by atoms with Crippen molar-refractivity contribution in [2.75, 3.05) is 11.4 Å². The van der Waals surface area contributed by atoms with Gasteiger partial charge in [0.1, 0.15) is 0 Å². The first-order chi connectivity index (χ1) is 12.1. The van der Waals surface area contributed by atoms with Gasteiger partial charge in [0.25, 0.3) is 5.91 Å². The molecule has 0 radical (unpaired) electrons. The minimum atomic E-state index is -1.89. The van der Waals surface area contributed by atoms with Gasteiger partial charge in [0.15, 0.2) is 11.4 Å². The van der Waals surface area contributed by atoms with E-state index in [1.807, 2.05) is 6.07 Å². The van der Waals surface area contributed by atoms with Gasteiger partial charge in [0.2, 0.25) is 0 Å². The molecule has 1 amide bonds. The number of amides is 1. The normalized spacial score (nSPS) is 18.7. The molecule has 1 aliphatic rings. The Hall–Kier alpha value is -3.04. The molecule has 1 aromatic carbocycles. The first kappa shape index (κ1) is 16.8. The molecule has 3 rings (SSSR count). The van der Waals surface area contributed by atoms with E-state index in [2.05, 4.69) is 4.98 Å². The Morgan fingerprint density at radius 3 is 2.68 bits per heavy atom. The second-order valence-electron chi connectivity index (χ2n) is 5.93. The average molecular weight is 335 g/mol. The van der Waals surface area contributed by atoms with E-state index in [0.29, 0.717) is 36.2 Å². The van der Waals surface area contributed by atoms with E-state index in [1.165, 1.54) is 17.3 Å². The number of benzene rings is 1. The molecule has 0 saturated carbocycles. The van der Waals surface area contributed by atoms with Gasteiger partial charge in [-0.2, -0.15) is 5.26 Å². The Morgan fingerprint density at radius 2 is 1.96 bits per heavy atom. The van der Waals surface area contributed by atoms with E-state index in [9.17, 15) is 14.7 Å². The fraction of sp³-hybridized carbons (Fsp3) is 0.263. The summed E-state index contributed by atoms with van der Waals surface area (Å²) in [5.74, 6) is -0.846. The van der Waals surface area contributed by atoms with Crippen LogP contribution in [0.3, 0.4) is 0 Å². The van der Waals surface area contributed by atoms with Crippen LogP contribution in [0.1, 0.15) is 35.2 Å². The number of carbonyl (C=O) groups excluding carboxylic acids is 2. The molecule has 0 saturated heterocycles. The molecule has 0 spiro atoms. The second kappa shape index (κ2) is 6.83. The van der Waals surface area contributed by atoms with Crippen LogP contribution >= 0.6 is 0 Å². The summed E-state index contributed by atoms with van der Waals surface area (Å²) in [5, 5.41) is 19.8. The lowest BCUT2D eigenvalue weighted by molar-refractivity contribution is -0.135. The van der Waals surface area contributed by atoms with Crippen molar-refractivity contribution < 1.29 is 14.7 Å². The largest absolute Gasteiger partial charge is 0.375 e. The number of Topliss-reactive ketones (excluding diaryl/α,β-unsaturated/α-hetero) is 1. The Kier molecular flexibility index (Phi) is 4.59. The number of hydrogen-bond acceptors (Lipinski definition) is 5. The summed E-state index contributed by atoms with van der Waals surface area (Å²) in [5.41, 5.74) is -0.463. The van der Waals surface area contributed by atoms with Crippen molar-refractivity contribution in [2.45, 2.75) is 24.9 Å². The van der Waals surface area contributed by atoms with E-state index in [-0.39, 0.29) is 12.2 Å². The third kappa shape index (κ3) is 3.02. The van der Waals surface area contributed by atoms with Crippen molar-refractivity contribution in [2.24, 2.45) is 0 Å². The zero-order valence-electron chi connectivity index (χ0n) is 13.6.